The van der Waals surface area contributed by atoms with Crippen LogP contribution in [0.5, 0.6) is 0 Å². The van der Waals surface area contributed by atoms with Crippen molar-refractivity contribution in [2.75, 3.05) is 7.11 Å². The molecule has 0 heterocycles. The topological polar surface area (TPSA) is 84.9 Å². The second kappa shape index (κ2) is 5.77. The summed E-state index contributed by atoms with van der Waals surface area (Å²) in [5, 5.41) is 13.0. The Morgan fingerprint density at radius 3 is 2.47 bits per heavy atom. The van der Waals surface area contributed by atoms with E-state index >= 15 is 0 Å². The first-order valence-corrected chi connectivity index (χ1v) is 6.49. The van der Waals surface area contributed by atoms with E-state index in [-0.39, 0.29) is 6.42 Å². The maximum absolute atomic E-state index is 11.7. The molecule has 1 amide bonds. The van der Waals surface area contributed by atoms with Crippen LogP contribution < -0.4 is 5.32 Å². The van der Waals surface area contributed by atoms with Gasteiger partial charge in [0.05, 0.1) is 13.2 Å². The van der Waals surface area contributed by atoms with Gasteiger partial charge in [0, 0.05) is 0 Å². The molecule has 1 rings (SSSR count). The zero-order valence-corrected chi connectivity index (χ0v) is 12.0. The molecule has 0 saturated heterocycles. The third-order valence-electron chi connectivity index (χ3n) is 3.11. The van der Waals surface area contributed by atoms with Gasteiger partial charge in [-0.3, -0.25) is 0 Å². The van der Waals surface area contributed by atoms with E-state index in [0.717, 1.165) is 12.8 Å². The number of aliphatic hydroxyl groups is 1. The largest absolute Gasteiger partial charge is 0.467 e. The van der Waals surface area contributed by atoms with Crippen molar-refractivity contribution in [3.63, 3.8) is 0 Å². The first kappa shape index (κ1) is 15.8. The minimum absolute atomic E-state index is 0.278. The lowest BCUT2D eigenvalue weighted by molar-refractivity contribution is -0.168. The Morgan fingerprint density at radius 2 is 1.95 bits per heavy atom. The molecule has 0 bridgehead atoms. The van der Waals surface area contributed by atoms with Crippen molar-refractivity contribution in [1.82, 2.24) is 5.32 Å². The summed E-state index contributed by atoms with van der Waals surface area (Å²) in [4.78, 5) is 23.4. The van der Waals surface area contributed by atoms with Crippen LogP contribution in [0.15, 0.2) is 0 Å². The van der Waals surface area contributed by atoms with Gasteiger partial charge in [-0.2, -0.15) is 0 Å². The molecule has 0 aliphatic heterocycles. The molecule has 0 aromatic heterocycles. The number of ether oxygens (including phenoxy) is 2. The number of methoxy groups -OCH3 is 1. The molecule has 0 aromatic carbocycles. The summed E-state index contributed by atoms with van der Waals surface area (Å²) in [6.45, 7) is 5.25. The number of nitrogens with one attached hydrogen (secondary N) is 1. The summed E-state index contributed by atoms with van der Waals surface area (Å²) in [5.74, 6) is -0.715. The van der Waals surface area contributed by atoms with E-state index in [2.05, 4.69) is 10.1 Å². The van der Waals surface area contributed by atoms with E-state index in [1.807, 2.05) is 0 Å². The van der Waals surface area contributed by atoms with Gasteiger partial charge in [0.1, 0.15) is 5.60 Å². The lowest BCUT2D eigenvalue weighted by Gasteiger charge is -2.37. The van der Waals surface area contributed by atoms with Crippen LogP contribution in [0.3, 0.4) is 0 Å². The van der Waals surface area contributed by atoms with Gasteiger partial charge in [-0.1, -0.05) is 6.42 Å². The maximum atomic E-state index is 11.7. The Hall–Kier alpha value is -1.30. The van der Waals surface area contributed by atoms with Gasteiger partial charge in [-0.15, -0.1) is 0 Å². The van der Waals surface area contributed by atoms with E-state index in [4.69, 9.17) is 4.74 Å². The molecule has 0 radical (unpaired) electrons. The monoisotopic (exact) mass is 273 g/mol. The predicted octanol–water partition coefficient (Wildman–Crippen LogP) is 1.36. The fourth-order valence-electron chi connectivity index (χ4n) is 2.22. The molecule has 0 unspecified atom stereocenters. The average Bonchev–Trinajstić information content (AvgIpc) is 2.28. The van der Waals surface area contributed by atoms with Crippen molar-refractivity contribution in [3.05, 3.63) is 0 Å². The molecule has 0 aromatic rings. The Morgan fingerprint density at radius 1 is 1.32 bits per heavy atom. The van der Waals surface area contributed by atoms with Crippen molar-refractivity contribution in [2.45, 2.75) is 63.7 Å². The van der Waals surface area contributed by atoms with Crippen LogP contribution in [-0.4, -0.2) is 41.5 Å². The van der Waals surface area contributed by atoms with Gasteiger partial charge in [-0.05, 0) is 40.0 Å². The highest BCUT2D eigenvalue weighted by Crippen LogP contribution is 2.30. The van der Waals surface area contributed by atoms with Gasteiger partial charge < -0.3 is 19.9 Å². The first-order chi connectivity index (χ1) is 8.69. The minimum Gasteiger partial charge on any atom is -0.467 e. The van der Waals surface area contributed by atoms with Crippen molar-refractivity contribution in [3.8, 4) is 0 Å². The molecule has 1 aliphatic carbocycles. The highest BCUT2D eigenvalue weighted by molar-refractivity contribution is 5.81. The predicted molar refractivity (Wildman–Crippen MR) is 68.6 cm³/mol. The van der Waals surface area contributed by atoms with Crippen molar-refractivity contribution in [2.24, 2.45) is 0 Å². The number of carbonyl (C=O) groups is 2. The van der Waals surface area contributed by atoms with Gasteiger partial charge in [0.15, 0.2) is 5.60 Å². The molecule has 6 nitrogen and oxygen atoms in total. The third-order valence-corrected chi connectivity index (χ3v) is 3.11. The number of esters is 1. The van der Waals surface area contributed by atoms with E-state index in [1.165, 1.54) is 7.11 Å². The lowest BCUT2D eigenvalue weighted by atomic mass is 9.80. The smallest absolute Gasteiger partial charge is 0.407 e. The number of hydrogen-bond donors (Lipinski definition) is 2. The SMILES string of the molecule is COC(=O)[C@@]1(O)CCCC[C@H]1NC(=O)OC(C)(C)C. The summed E-state index contributed by atoms with van der Waals surface area (Å²) in [7, 11) is 1.22. The molecule has 19 heavy (non-hydrogen) atoms. The highest BCUT2D eigenvalue weighted by atomic mass is 16.6. The van der Waals surface area contributed by atoms with Gasteiger partial charge in [0.25, 0.3) is 0 Å². The van der Waals surface area contributed by atoms with Crippen molar-refractivity contribution in [1.29, 1.82) is 0 Å². The second-order valence-electron chi connectivity index (χ2n) is 5.86. The summed E-state index contributed by atoms with van der Waals surface area (Å²) in [5.41, 5.74) is -2.29. The molecule has 1 aliphatic rings. The van der Waals surface area contributed by atoms with Crippen LogP contribution in [-0.2, 0) is 14.3 Å². The Bertz CT molecular complexity index is 349. The molecule has 1 saturated carbocycles. The number of amides is 1. The molecule has 1 fully saturated rings. The zero-order chi connectivity index (χ0) is 14.7. The second-order valence-corrected chi connectivity index (χ2v) is 5.86. The number of carbonyl (C=O) groups excluding carboxylic acids is 2. The third kappa shape index (κ3) is 4.09. The summed E-state index contributed by atoms with van der Waals surface area (Å²) in [6, 6.07) is -0.677. The quantitative estimate of drug-likeness (QED) is 0.742. The van der Waals surface area contributed by atoms with Crippen LogP contribution >= 0.6 is 0 Å². The molecule has 6 heteroatoms. The molecule has 0 spiro atoms. The van der Waals surface area contributed by atoms with Crippen molar-refractivity contribution < 1.29 is 24.2 Å². The van der Waals surface area contributed by atoms with Crippen LogP contribution in [0.2, 0.25) is 0 Å². The Balaban J connectivity index is 2.73. The fourth-order valence-corrected chi connectivity index (χ4v) is 2.22. The molecular weight excluding hydrogens is 250 g/mol. The van der Waals surface area contributed by atoms with Gasteiger partial charge >= 0.3 is 12.1 Å². The maximum Gasteiger partial charge on any atom is 0.407 e. The Labute approximate surface area is 113 Å². The standard InChI is InChI=1S/C13H23NO5/c1-12(2,3)19-11(16)14-9-7-5-6-8-13(9,17)10(15)18-4/h9,17H,5-8H2,1-4H3,(H,14,16)/t9-,13-/m1/s1. The molecule has 2 N–H and O–H groups in total. The van der Waals surface area contributed by atoms with E-state index in [9.17, 15) is 14.7 Å². The number of rotatable bonds is 2. The number of alkyl carbamates (subject to hydrolysis) is 1. The zero-order valence-electron chi connectivity index (χ0n) is 12.0. The first-order valence-electron chi connectivity index (χ1n) is 6.49. The molecule has 110 valence electrons. The van der Waals surface area contributed by atoms with Crippen LogP contribution in [0, 0.1) is 0 Å². The number of hydrogen-bond acceptors (Lipinski definition) is 5. The Kier molecular flexibility index (Phi) is 4.79. The summed E-state index contributed by atoms with van der Waals surface area (Å²) < 4.78 is 9.76. The van der Waals surface area contributed by atoms with E-state index in [1.54, 1.807) is 20.8 Å². The summed E-state index contributed by atoms with van der Waals surface area (Å²) >= 11 is 0. The summed E-state index contributed by atoms with van der Waals surface area (Å²) in [6.07, 6.45) is 1.71. The van der Waals surface area contributed by atoms with Gasteiger partial charge in [0.2, 0.25) is 0 Å². The fraction of sp³-hybridized carbons (Fsp3) is 0.846. The average molecular weight is 273 g/mol. The lowest BCUT2D eigenvalue weighted by Crippen LogP contribution is -2.59. The van der Waals surface area contributed by atoms with Crippen LogP contribution in [0.1, 0.15) is 46.5 Å². The van der Waals surface area contributed by atoms with Crippen LogP contribution in [0.4, 0.5) is 4.79 Å². The molecular formula is C13H23NO5. The van der Waals surface area contributed by atoms with Gasteiger partial charge in [-0.25, -0.2) is 9.59 Å². The van der Waals surface area contributed by atoms with Crippen molar-refractivity contribution >= 4 is 12.1 Å². The van der Waals surface area contributed by atoms with Crippen LogP contribution in [0.25, 0.3) is 0 Å². The highest BCUT2D eigenvalue weighted by Gasteiger charge is 2.47. The van der Waals surface area contributed by atoms with E-state index < -0.39 is 29.3 Å². The molecule has 2 atom stereocenters. The minimum atomic E-state index is -1.66. The van der Waals surface area contributed by atoms with E-state index in [0.29, 0.717) is 6.42 Å². The normalized spacial score (nSPS) is 27.5.